The zero-order valence-electron chi connectivity index (χ0n) is 21.8. The SMILES string of the molecule is C=CC(=O)Nc1cccc(-c2cncc3cnc(Nc4ccc(N5CCN(C(C)=O)CC5)cc4OC)nc23)c1. The molecule has 0 bridgehead atoms. The van der Waals surface area contributed by atoms with E-state index in [-0.39, 0.29) is 11.8 Å². The van der Waals surface area contributed by atoms with Crippen molar-refractivity contribution in [3.05, 3.63) is 73.7 Å². The lowest BCUT2D eigenvalue weighted by molar-refractivity contribution is -0.129. The quantitative estimate of drug-likeness (QED) is 0.346. The monoisotopic (exact) mass is 523 g/mol. The molecule has 0 unspecified atom stereocenters. The highest BCUT2D eigenvalue weighted by Gasteiger charge is 2.20. The highest BCUT2D eigenvalue weighted by atomic mass is 16.5. The number of benzene rings is 2. The molecule has 39 heavy (non-hydrogen) atoms. The first-order valence-corrected chi connectivity index (χ1v) is 12.6. The average Bonchev–Trinajstić information content (AvgIpc) is 2.97. The Bertz CT molecular complexity index is 1550. The van der Waals surface area contributed by atoms with Gasteiger partial charge in [-0.1, -0.05) is 18.7 Å². The molecule has 2 amide bonds. The number of piperazine rings is 1. The number of hydrogen-bond acceptors (Lipinski definition) is 8. The number of methoxy groups -OCH3 is 1. The maximum atomic E-state index is 11.8. The van der Waals surface area contributed by atoms with Crippen LogP contribution in [0.1, 0.15) is 6.92 Å². The molecule has 10 heteroatoms. The lowest BCUT2D eigenvalue weighted by Gasteiger charge is -2.35. The van der Waals surface area contributed by atoms with Crippen molar-refractivity contribution in [2.24, 2.45) is 0 Å². The van der Waals surface area contributed by atoms with Crippen molar-refractivity contribution in [1.29, 1.82) is 0 Å². The van der Waals surface area contributed by atoms with Crippen LogP contribution in [0.25, 0.3) is 22.0 Å². The predicted octanol–water partition coefficient (Wildman–Crippen LogP) is 4.24. The Balaban J connectivity index is 1.41. The van der Waals surface area contributed by atoms with Gasteiger partial charge in [-0.3, -0.25) is 14.6 Å². The molecule has 1 saturated heterocycles. The summed E-state index contributed by atoms with van der Waals surface area (Å²) in [6.07, 6.45) is 6.41. The highest BCUT2D eigenvalue weighted by molar-refractivity contribution is 6.00. The highest BCUT2D eigenvalue weighted by Crippen LogP contribution is 2.33. The standard InChI is InChI=1S/C29H29N7O3/c1-4-27(38)32-22-7-5-6-20(14-22)24-18-30-16-21-17-31-29(34-28(21)24)33-25-9-8-23(15-26(25)39-3)36-12-10-35(11-13-36)19(2)37/h4-9,14-18H,1,10-13H2,2-3H3,(H,32,38)(H,31,33,34). The van der Waals surface area contributed by atoms with E-state index in [1.54, 1.807) is 32.6 Å². The van der Waals surface area contributed by atoms with Gasteiger partial charge in [-0.05, 0) is 35.9 Å². The molecule has 1 aliphatic rings. The zero-order chi connectivity index (χ0) is 27.4. The first-order chi connectivity index (χ1) is 18.9. The minimum Gasteiger partial charge on any atom is -0.494 e. The van der Waals surface area contributed by atoms with E-state index in [9.17, 15) is 9.59 Å². The van der Waals surface area contributed by atoms with Crippen molar-refractivity contribution in [2.45, 2.75) is 6.92 Å². The fourth-order valence-corrected chi connectivity index (χ4v) is 4.56. The summed E-state index contributed by atoms with van der Waals surface area (Å²) in [4.78, 5) is 41.2. The van der Waals surface area contributed by atoms with Gasteiger partial charge in [0.05, 0.1) is 18.3 Å². The molecule has 4 aromatic rings. The van der Waals surface area contributed by atoms with Crippen LogP contribution in [0.3, 0.4) is 0 Å². The van der Waals surface area contributed by atoms with Crippen LogP contribution in [-0.2, 0) is 9.59 Å². The summed E-state index contributed by atoms with van der Waals surface area (Å²) in [5.74, 6) is 0.890. The minimum absolute atomic E-state index is 0.105. The zero-order valence-corrected chi connectivity index (χ0v) is 21.8. The molecule has 5 rings (SSSR count). The molecule has 2 aromatic carbocycles. The number of ether oxygens (including phenoxy) is 1. The first kappa shape index (κ1) is 25.7. The third kappa shape index (κ3) is 5.64. The number of carbonyl (C=O) groups is 2. The van der Waals surface area contributed by atoms with Gasteiger partial charge in [0.25, 0.3) is 0 Å². The van der Waals surface area contributed by atoms with Gasteiger partial charge in [0, 0.05) is 80.1 Å². The van der Waals surface area contributed by atoms with Crippen LogP contribution in [0.5, 0.6) is 5.75 Å². The van der Waals surface area contributed by atoms with E-state index in [2.05, 4.69) is 32.1 Å². The molecule has 1 fully saturated rings. The summed E-state index contributed by atoms with van der Waals surface area (Å²) >= 11 is 0. The molecule has 0 spiro atoms. The number of amides is 2. The fourth-order valence-electron chi connectivity index (χ4n) is 4.56. The number of rotatable bonds is 7. The summed E-state index contributed by atoms with van der Waals surface area (Å²) in [5, 5.41) is 6.85. The summed E-state index contributed by atoms with van der Waals surface area (Å²) in [6.45, 7) is 8.03. The number of carbonyl (C=O) groups excluding carboxylic acids is 2. The normalized spacial score (nSPS) is 13.2. The number of aromatic nitrogens is 3. The van der Waals surface area contributed by atoms with Gasteiger partial charge in [-0.2, -0.15) is 0 Å². The maximum absolute atomic E-state index is 11.8. The topological polar surface area (TPSA) is 113 Å². The van der Waals surface area contributed by atoms with E-state index in [0.717, 1.165) is 41.0 Å². The van der Waals surface area contributed by atoms with E-state index >= 15 is 0 Å². The van der Waals surface area contributed by atoms with Crippen molar-refractivity contribution < 1.29 is 14.3 Å². The second-order valence-corrected chi connectivity index (χ2v) is 9.10. The van der Waals surface area contributed by atoms with Crippen LogP contribution in [-0.4, -0.2) is 65.0 Å². The van der Waals surface area contributed by atoms with Crippen LogP contribution in [0.2, 0.25) is 0 Å². The number of nitrogens with zero attached hydrogens (tertiary/aromatic N) is 5. The Morgan fingerprint density at radius 1 is 1.05 bits per heavy atom. The van der Waals surface area contributed by atoms with Gasteiger partial charge in [-0.15, -0.1) is 0 Å². The Kier molecular flexibility index (Phi) is 7.35. The fraction of sp³-hybridized carbons (Fsp3) is 0.207. The van der Waals surface area contributed by atoms with Gasteiger partial charge in [-0.25, -0.2) is 9.97 Å². The molecule has 198 valence electrons. The van der Waals surface area contributed by atoms with Crippen molar-refractivity contribution in [2.75, 3.05) is 48.8 Å². The van der Waals surface area contributed by atoms with Crippen LogP contribution < -0.4 is 20.3 Å². The molecule has 0 aliphatic carbocycles. The van der Waals surface area contributed by atoms with Crippen LogP contribution in [0.4, 0.5) is 23.0 Å². The summed E-state index contributed by atoms with van der Waals surface area (Å²) in [7, 11) is 1.63. The molecule has 0 atom stereocenters. The second-order valence-electron chi connectivity index (χ2n) is 9.10. The van der Waals surface area contributed by atoms with Crippen molar-refractivity contribution in [1.82, 2.24) is 19.9 Å². The van der Waals surface area contributed by atoms with Gasteiger partial charge in [0.15, 0.2) is 0 Å². The van der Waals surface area contributed by atoms with Crippen molar-refractivity contribution in [3.8, 4) is 16.9 Å². The van der Waals surface area contributed by atoms with Crippen LogP contribution >= 0.6 is 0 Å². The van der Waals surface area contributed by atoms with Crippen LogP contribution in [0, 0.1) is 0 Å². The average molecular weight is 524 g/mol. The third-order valence-electron chi connectivity index (χ3n) is 6.64. The molecular formula is C29H29N7O3. The molecule has 1 aliphatic heterocycles. The van der Waals surface area contributed by atoms with E-state index in [1.807, 2.05) is 47.4 Å². The number of fused-ring (bicyclic) bond motifs is 1. The molecular weight excluding hydrogens is 494 g/mol. The predicted molar refractivity (Wildman–Crippen MR) is 152 cm³/mol. The molecule has 3 heterocycles. The van der Waals surface area contributed by atoms with Crippen molar-refractivity contribution >= 4 is 45.7 Å². The third-order valence-corrected chi connectivity index (χ3v) is 6.64. The second kappa shape index (κ2) is 11.2. The van der Waals surface area contributed by atoms with E-state index in [0.29, 0.717) is 36.0 Å². The number of anilines is 4. The number of hydrogen-bond donors (Lipinski definition) is 2. The van der Waals surface area contributed by atoms with Crippen LogP contribution in [0.15, 0.2) is 73.7 Å². The Morgan fingerprint density at radius 2 is 1.87 bits per heavy atom. The molecule has 2 N–H and O–H groups in total. The Hall–Kier alpha value is -4.99. The molecule has 2 aromatic heterocycles. The number of pyridine rings is 1. The number of nitrogens with one attached hydrogen (secondary N) is 2. The van der Waals surface area contributed by atoms with Gasteiger partial charge >= 0.3 is 0 Å². The van der Waals surface area contributed by atoms with E-state index < -0.39 is 0 Å². The summed E-state index contributed by atoms with van der Waals surface area (Å²) < 4.78 is 5.68. The van der Waals surface area contributed by atoms with E-state index in [4.69, 9.17) is 9.72 Å². The Labute approximate surface area is 226 Å². The Morgan fingerprint density at radius 3 is 2.62 bits per heavy atom. The van der Waals surface area contributed by atoms with E-state index in [1.165, 1.54) is 6.08 Å². The smallest absolute Gasteiger partial charge is 0.247 e. The van der Waals surface area contributed by atoms with Gasteiger partial charge in [0.2, 0.25) is 17.8 Å². The molecule has 0 radical (unpaired) electrons. The van der Waals surface area contributed by atoms with Gasteiger partial charge < -0.3 is 25.2 Å². The van der Waals surface area contributed by atoms with Crippen molar-refractivity contribution in [3.63, 3.8) is 0 Å². The molecule has 10 nitrogen and oxygen atoms in total. The lowest BCUT2D eigenvalue weighted by atomic mass is 10.0. The van der Waals surface area contributed by atoms with Gasteiger partial charge in [0.1, 0.15) is 5.75 Å². The lowest BCUT2D eigenvalue weighted by Crippen LogP contribution is -2.48. The summed E-state index contributed by atoms with van der Waals surface area (Å²) in [6, 6.07) is 13.4. The largest absolute Gasteiger partial charge is 0.494 e. The maximum Gasteiger partial charge on any atom is 0.247 e. The first-order valence-electron chi connectivity index (χ1n) is 12.6. The summed E-state index contributed by atoms with van der Waals surface area (Å²) in [5.41, 5.74) is 4.78. The minimum atomic E-state index is -0.282. The molecule has 0 saturated carbocycles.